The SMILES string of the molecule is CC.CCc1cccc(CC)n1.CN=Cc1[nH]ccc1C.CNc1ccnc(NCCN2CCC(C)CC2)c1. The fourth-order valence-corrected chi connectivity index (χ4v) is 3.96. The molecule has 0 unspecified atom stereocenters. The highest BCUT2D eigenvalue weighted by molar-refractivity contribution is 5.78. The largest absolute Gasteiger partial charge is 0.388 e. The van der Waals surface area contributed by atoms with Gasteiger partial charge >= 0.3 is 0 Å². The lowest BCUT2D eigenvalue weighted by atomic mass is 9.99. The molecule has 0 aliphatic carbocycles. The van der Waals surface area contributed by atoms with E-state index in [1.165, 1.54) is 42.9 Å². The van der Waals surface area contributed by atoms with Crippen LogP contribution in [0.4, 0.5) is 11.5 Å². The number of piperidine rings is 1. The first-order chi connectivity index (χ1) is 19.0. The van der Waals surface area contributed by atoms with E-state index < -0.39 is 0 Å². The Balaban J connectivity index is 0.000000307. The summed E-state index contributed by atoms with van der Waals surface area (Å²) < 4.78 is 0. The third kappa shape index (κ3) is 14.0. The molecule has 0 aromatic carbocycles. The zero-order valence-corrected chi connectivity index (χ0v) is 25.7. The van der Waals surface area contributed by atoms with E-state index in [0.29, 0.717) is 0 Å². The van der Waals surface area contributed by atoms with Gasteiger partial charge in [0.25, 0.3) is 0 Å². The molecule has 3 N–H and O–H groups in total. The molecule has 3 aromatic rings. The second kappa shape index (κ2) is 20.7. The monoisotopic (exact) mass is 535 g/mol. The van der Waals surface area contributed by atoms with Crippen molar-refractivity contribution in [1.29, 1.82) is 0 Å². The molecular weight excluding hydrogens is 482 g/mol. The van der Waals surface area contributed by atoms with E-state index in [1.54, 1.807) is 7.05 Å². The highest BCUT2D eigenvalue weighted by atomic mass is 15.1. The lowest BCUT2D eigenvalue weighted by Crippen LogP contribution is -2.36. The van der Waals surface area contributed by atoms with Crippen LogP contribution in [0.15, 0.2) is 53.8 Å². The Labute approximate surface area is 238 Å². The number of rotatable bonds is 8. The highest BCUT2D eigenvalue weighted by Gasteiger charge is 2.14. The number of aryl methyl sites for hydroxylation is 3. The van der Waals surface area contributed by atoms with Gasteiger partial charge in [0.15, 0.2) is 0 Å². The summed E-state index contributed by atoms with van der Waals surface area (Å²) >= 11 is 0. The quantitative estimate of drug-likeness (QED) is 0.274. The topological polar surface area (TPSA) is 81.2 Å². The molecule has 0 spiro atoms. The third-order valence-corrected chi connectivity index (χ3v) is 6.50. The standard InChI is InChI=1S/C14H24N4.C9H13N.C7H10N2.C2H6/c1-12-4-8-18(9-5-12)10-7-17-14-11-13(15-2)3-6-16-14;1-3-8-6-5-7-9(4-2)10-8;1-6-3-4-9-7(6)5-8-2;1-2/h3,6,11-12H,4-5,7-10H2,1-2H3,(H2,15,16,17);5-7H,3-4H2,1-2H3;3-5,9H,1-2H3;1-2H3. The minimum Gasteiger partial charge on any atom is -0.388 e. The smallest absolute Gasteiger partial charge is 0.127 e. The molecule has 7 heteroatoms. The molecule has 39 heavy (non-hydrogen) atoms. The van der Waals surface area contributed by atoms with Gasteiger partial charge in [0.1, 0.15) is 5.82 Å². The van der Waals surface area contributed by atoms with Crippen molar-refractivity contribution in [2.75, 3.05) is 50.9 Å². The van der Waals surface area contributed by atoms with E-state index in [1.807, 2.05) is 64.6 Å². The maximum atomic E-state index is 4.41. The number of H-pyrrole nitrogens is 1. The van der Waals surface area contributed by atoms with E-state index in [0.717, 1.165) is 49.0 Å². The Kier molecular flexibility index (Phi) is 18.0. The molecule has 1 fully saturated rings. The van der Waals surface area contributed by atoms with Crippen molar-refractivity contribution < 1.29 is 0 Å². The first kappa shape index (κ1) is 33.8. The number of hydrogen-bond acceptors (Lipinski definition) is 6. The lowest BCUT2D eigenvalue weighted by Gasteiger charge is -2.30. The van der Waals surface area contributed by atoms with Crippen LogP contribution >= 0.6 is 0 Å². The van der Waals surface area contributed by atoms with E-state index in [9.17, 15) is 0 Å². The maximum Gasteiger partial charge on any atom is 0.127 e. The molecule has 1 aliphatic rings. The fourth-order valence-electron chi connectivity index (χ4n) is 3.96. The van der Waals surface area contributed by atoms with Gasteiger partial charge < -0.3 is 20.5 Å². The summed E-state index contributed by atoms with van der Waals surface area (Å²) in [5, 5.41) is 6.51. The molecule has 4 rings (SSSR count). The molecule has 0 amide bonds. The van der Waals surface area contributed by atoms with Crippen LogP contribution in [-0.2, 0) is 12.8 Å². The average molecular weight is 536 g/mol. The third-order valence-electron chi connectivity index (χ3n) is 6.50. The zero-order valence-electron chi connectivity index (χ0n) is 25.7. The number of aromatic amines is 1. The van der Waals surface area contributed by atoms with E-state index in [4.69, 9.17) is 0 Å². The van der Waals surface area contributed by atoms with Crippen molar-refractivity contribution in [2.24, 2.45) is 10.9 Å². The fraction of sp³-hybridized carbons (Fsp3) is 0.531. The number of hydrogen-bond donors (Lipinski definition) is 3. The summed E-state index contributed by atoms with van der Waals surface area (Å²) in [4.78, 5) is 18.2. The Morgan fingerprint density at radius 2 is 1.74 bits per heavy atom. The van der Waals surface area contributed by atoms with Gasteiger partial charge in [-0.25, -0.2) is 4.98 Å². The molecule has 1 aliphatic heterocycles. The molecule has 3 aromatic heterocycles. The Morgan fingerprint density at radius 3 is 2.28 bits per heavy atom. The van der Waals surface area contributed by atoms with Crippen LogP contribution in [0.2, 0.25) is 0 Å². The predicted octanol–water partition coefficient (Wildman–Crippen LogP) is 6.87. The van der Waals surface area contributed by atoms with E-state index in [2.05, 4.69) is 74.4 Å². The van der Waals surface area contributed by atoms with Crippen LogP contribution in [0.1, 0.15) is 70.1 Å². The van der Waals surface area contributed by atoms with Crippen molar-refractivity contribution in [2.45, 2.75) is 67.2 Å². The van der Waals surface area contributed by atoms with Crippen LogP contribution in [0.3, 0.4) is 0 Å². The van der Waals surface area contributed by atoms with Gasteiger partial charge in [-0.1, -0.05) is 40.7 Å². The molecule has 0 atom stereocenters. The summed E-state index contributed by atoms with van der Waals surface area (Å²) in [7, 11) is 3.69. The Hall–Kier alpha value is -3.19. The zero-order chi connectivity index (χ0) is 28.9. The highest BCUT2D eigenvalue weighted by Crippen LogP contribution is 2.16. The summed E-state index contributed by atoms with van der Waals surface area (Å²) in [5.74, 6) is 1.86. The maximum absolute atomic E-state index is 4.41. The molecule has 4 heterocycles. The molecule has 0 bridgehead atoms. The van der Waals surface area contributed by atoms with Crippen molar-refractivity contribution in [3.05, 3.63) is 71.4 Å². The van der Waals surface area contributed by atoms with Crippen molar-refractivity contribution in [3.8, 4) is 0 Å². The number of nitrogens with zero attached hydrogens (tertiary/aromatic N) is 4. The van der Waals surface area contributed by atoms with Crippen LogP contribution in [0.5, 0.6) is 0 Å². The van der Waals surface area contributed by atoms with Gasteiger partial charge in [-0.15, -0.1) is 0 Å². The average Bonchev–Trinajstić information content (AvgIpc) is 3.40. The summed E-state index contributed by atoms with van der Waals surface area (Å²) in [5.41, 5.74) is 5.82. The molecule has 1 saturated heterocycles. The first-order valence-electron chi connectivity index (χ1n) is 14.6. The van der Waals surface area contributed by atoms with Gasteiger partial charge in [0, 0.05) is 68.9 Å². The van der Waals surface area contributed by atoms with Gasteiger partial charge in [0.2, 0.25) is 0 Å². The molecule has 216 valence electrons. The van der Waals surface area contributed by atoms with Crippen molar-refractivity contribution in [1.82, 2.24) is 19.9 Å². The minimum absolute atomic E-state index is 0.906. The second-order valence-electron chi connectivity index (χ2n) is 9.42. The van der Waals surface area contributed by atoms with Crippen LogP contribution < -0.4 is 10.6 Å². The number of anilines is 2. The summed E-state index contributed by atoms with van der Waals surface area (Å²) in [6.45, 7) is 17.2. The van der Waals surface area contributed by atoms with Crippen LogP contribution in [-0.4, -0.2) is 66.3 Å². The molecule has 0 saturated carbocycles. The predicted molar refractivity (Wildman–Crippen MR) is 171 cm³/mol. The Bertz CT molecular complexity index is 1020. The van der Waals surface area contributed by atoms with Gasteiger partial charge in [-0.2, -0.15) is 0 Å². The van der Waals surface area contributed by atoms with Gasteiger partial charge in [-0.3, -0.25) is 9.98 Å². The number of pyridine rings is 2. The first-order valence-corrected chi connectivity index (χ1v) is 14.6. The summed E-state index contributed by atoms with van der Waals surface area (Å²) in [6, 6.07) is 12.2. The summed E-state index contributed by atoms with van der Waals surface area (Å²) in [6.07, 6.45) is 10.3. The molecular formula is C32H53N7. The normalized spacial score (nSPS) is 13.3. The van der Waals surface area contributed by atoms with E-state index in [-0.39, 0.29) is 0 Å². The lowest BCUT2D eigenvalue weighted by molar-refractivity contribution is 0.199. The van der Waals surface area contributed by atoms with Crippen molar-refractivity contribution in [3.63, 3.8) is 0 Å². The number of nitrogens with one attached hydrogen (secondary N) is 3. The van der Waals surface area contributed by atoms with Gasteiger partial charge in [-0.05, 0) is 81.4 Å². The number of aliphatic imine (C=N–C) groups is 1. The van der Waals surface area contributed by atoms with E-state index >= 15 is 0 Å². The second-order valence-corrected chi connectivity index (χ2v) is 9.42. The number of aromatic nitrogens is 3. The van der Waals surface area contributed by atoms with Crippen LogP contribution in [0.25, 0.3) is 0 Å². The molecule has 0 radical (unpaired) electrons. The van der Waals surface area contributed by atoms with Crippen molar-refractivity contribution >= 4 is 17.7 Å². The Morgan fingerprint density at radius 1 is 1.08 bits per heavy atom. The minimum atomic E-state index is 0.906. The van der Waals surface area contributed by atoms with Crippen LogP contribution in [0, 0.1) is 12.8 Å². The van der Waals surface area contributed by atoms with Gasteiger partial charge in [0.05, 0.1) is 5.69 Å². The molecule has 7 nitrogen and oxygen atoms in total. The number of likely N-dealkylation sites (tertiary alicyclic amines) is 1.